The van der Waals surface area contributed by atoms with Crippen molar-refractivity contribution in [1.29, 1.82) is 0 Å². The maximum absolute atomic E-state index is 5.41. The lowest BCUT2D eigenvalue weighted by Crippen LogP contribution is -2.53. The number of hydrogen-bond acceptors (Lipinski definition) is 4. The minimum Gasteiger partial charge on any atom is -0.381 e. The Hall–Kier alpha value is -0.160. The maximum atomic E-state index is 5.41. The SMILES string of the molecule is CN(CC1CCOCC1)CC1CNCCN1C. The van der Waals surface area contributed by atoms with Gasteiger partial charge in [0.2, 0.25) is 0 Å². The molecule has 100 valence electrons. The summed E-state index contributed by atoms with van der Waals surface area (Å²) in [7, 11) is 4.51. The Kier molecular flexibility index (Phi) is 5.22. The zero-order valence-electron chi connectivity index (χ0n) is 11.3. The summed E-state index contributed by atoms with van der Waals surface area (Å²) in [6, 6.07) is 0.675. The molecular weight excluding hydrogens is 214 g/mol. The molecule has 0 radical (unpaired) electrons. The third kappa shape index (κ3) is 4.21. The zero-order valence-corrected chi connectivity index (χ0v) is 11.3. The Labute approximate surface area is 105 Å². The Morgan fingerprint density at radius 1 is 1.29 bits per heavy atom. The van der Waals surface area contributed by atoms with Crippen molar-refractivity contribution < 1.29 is 4.74 Å². The summed E-state index contributed by atoms with van der Waals surface area (Å²) >= 11 is 0. The highest BCUT2D eigenvalue weighted by Gasteiger charge is 2.22. The van der Waals surface area contributed by atoms with Gasteiger partial charge in [-0.15, -0.1) is 0 Å². The monoisotopic (exact) mass is 241 g/mol. The van der Waals surface area contributed by atoms with Crippen molar-refractivity contribution in [2.45, 2.75) is 18.9 Å². The van der Waals surface area contributed by atoms with Gasteiger partial charge in [-0.3, -0.25) is 4.90 Å². The zero-order chi connectivity index (χ0) is 12.1. The molecule has 2 heterocycles. The van der Waals surface area contributed by atoms with E-state index < -0.39 is 0 Å². The number of piperazine rings is 1. The van der Waals surface area contributed by atoms with Crippen molar-refractivity contribution in [3.05, 3.63) is 0 Å². The summed E-state index contributed by atoms with van der Waals surface area (Å²) in [6.45, 7) is 7.78. The van der Waals surface area contributed by atoms with Crippen LogP contribution in [0.2, 0.25) is 0 Å². The number of rotatable bonds is 4. The first-order valence-electron chi connectivity index (χ1n) is 6.93. The van der Waals surface area contributed by atoms with E-state index in [1.807, 2.05) is 0 Å². The molecule has 0 spiro atoms. The van der Waals surface area contributed by atoms with Crippen LogP contribution >= 0.6 is 0 Å². The molecule has 0 aromatic rings. The Balaban J connectivity index is 1.70. The summed E-state index contributed by atoms with van der Waals surface area (Å²) in [5.74, 6) is 0.843. The second kappa shape index (κ2) is 6.69. The third-order valence-electron chi connectivity index (χ3n) is 4.08. The summed E-state index contributed by atoms with van der Waals surface area (Å²) in [5.41, 5.74) is 0. The lowest BCUT2D eigenvalue weighted by molar-refractivity contribution is 0.0511. The van der Waals surface area contributed by atoms with Gasteiger partial charge in [-0.2, -0.15) is 0 Å². The molecule has 0 aromatic carbocycles. The van der Waals surface area contributed by atoms with Crippen LogP contribution in [0.25, 0.3) is 0 Å². The van der Waals surface area contributed by atoms with Crippen LogP contribution in [0.5, 0.6) is 0 Å². The first-order valence-corrected chi connectivity index (χ1v) is 6.93. The van der Waals surface area contributed by atoms with Gasteiger partial charge in [-0.05, 0) is 32.9 Å². The second-order valence-corrected chi connectivity index (χ2v) is 5.62. The Morgan fingerprint density at radius 2 is 2.06 bits per heavy atom. The highest BCUT2D eigenvalue weighted by Crippen LogP contribution is 2.16. The predicted octanol–water partition coefficient (Wildman–Crippen LogP) is 0.248. The van der Waals surface area contributed by atoms with Gasteiger partial charge in [0.05, 0.1) is 0 Å². The standard InChI is InChI=1S/C13H27N3O/c1-15(10-12-3-7-17-8-4-12)11-13-9-14-5-6-16(13)2/h12-14H,3-11H2,1-2H3. The van der Waals surface area contributed by atoms with Gasteiger partial charge in [0.15, 0.2) is 0 Å². The van der Waals surface area contributed by atoms with E-state index in [2.05, 4.69) is 29.2 Å². The summed E-state index contributed by atoms with van der Waals surface area (Å²) in [4.78, 5) is 4.99. The maximum Gasteiger partial charge on any atom is 0.0469 e. The van der Waals surface area contributed by atoms with E-state index in [1.54, 1.807) is 0 Å². The molecular formula is C13H27N3O. The Bertz CT molecular complexity index is 219. The number of hydrogen-bond donors (Lipinski definition) is 1. The average Bonchev–Trinajstić information content (AvgIpc) is 2.33. The van der Waals surface area contributed by atoms with E-state index in [9.17, 15) is 0 Å². The van der Waals surface area contributed by atoms with Crippen molar-refractivity contribution >= 4 is 0 Å². The van der Waals surface area contributed by atoms with Gasteiger partial charge >= 0.3 is 0 Å². The van der Waals surface area contributed by atoms with Crippen molar-refractivity contribution in [3.63, 3.8) is 0 Å². The molecule has 1 atom stereocenters. The highest BCUT2D eigenvalue weighted by atomic mass is 16.5. The third-order valence-corrected chi connectivity index (χ3v) is 4.08. The quantitative estimate of drug-likeness (QED) is 0.763. The van der Waals surface area contributed by atoms with Crippen LogP contribution in [-0.4, -0.2) is 75.9 Å². The molecule has 2 fully saturated rings. The van der Waals surface area contributed by atoms with Gasteiger partial charge in [0.1, 0.15) is 0 Å². The van der Waals surface area contributed by atoms with Gasteiger partial charge in [-0.1, -0.05) is 0 Å². The lowest BCUT2D eigenvalue weighted by Gasteiger charge is -2.36. The van der Waals surface area contributed by atoms with Crippen LogP contribution in [-0.2, 0) is 4.74 Å². The van der Waals surface area contributed by atoms with Crippen LogP contribution in [0.1, 0.15) is 12.8 Å². The first-order chi connectivity index (χ1) is 8.25. The molecule has 2 aliphatic rings. The van der Waals surface area contributed by atoms with Gasteiger partial charge in [0.25, 0.3) is 0 Å². The van der Waals surface area contributed by atoms with E-state index in [0.29, 0.717) is 6.04 Å². The molecule has 0 aromatic heterocycles. The van der Waals surface area contributed by atoms with Crippen LogP contribution in [0.3, 0.4) is 0 Å². The molecule has 1 N–H and O–H groups in total. The minimum atomic E-state index is 0.675. The molecule has 0 amide bonds. The largest absolute Gasteiger partial charge is 0.381 e. The fraction of sp³-hybridized carbons (Fsp3) is 1.00. The topological polar surface area (TPSA) is 27.7 Å². The molecule has 2 rings (SSSR count). The number of ether oxygens (including phenoxy) is 1. The smallest absolute Gasteiger partial charge is 0.0469 e. The molecule has 2 aliphatic heterocycles. The van der Waals surface area contributed by atoms with Gasteiger partial charge in [0, 0.05) is 52.0 Å². The fourth-order valence-electron chi connectivity index (χ4n) is 2.87. The lowest BCUT2D eigenvalue weighted by atomic mass is 9.99. The molecule has 0 saturated carbocycles. The predicted molar refractivity (Wildman–Crippen MR) is 70.3 cm³/mol. The van der Waals surface area contributed by atoms with Crippen LogP contribution in [0.15, 0.2) is 0 Å². The van der Waals surface area contributed by atoms with Crippen LogP contribution in [0, 0.1) is 5.92 Å². The highest BCUT2D eigenvalue weighted by molar-refractivity contribution is 4.80. The molecule has 2 saturated heterocycles. The van der Waals surface area contributed by atoms with E-state index >= 15 is 0 Å². The van der Waals surface area contributed by atoms with Crippen molar-refractivity contribution in [3.8, 4) is 0 Å². The number of likely N-dealkylation sites (N-methyl/N-ethyl adjacent to an activating group) is 2. The normalized spacial score (nSPS) is 28.8. The molecule has 1 unspecified atom stereocenters. The number of nitrogens with one attached hydrogen (secondary N) is 1. The summed E-state index contributed by atoms with van der Waals surface area (Å²) < 4.78 is 5.41. The molecule has 17 heavy (non-hydrogen) atoms. The van der Waals surface area contributed by atoms with E-state index in [4.69, 9.17) is 4.74 Å². The van der Waals surface area contributed by atoms with E-state index in [1.165, 1.54) is 32.5 Å². The van der Waals surface area contributed by atoms with E-state index in [0.717, 1.165) is 32.2 Å². The van der Waals surface area contributed by atoms with E-state index in [-0.39, 0.29) is 0 Å². The Morgan fingerprint density at radius 3 is 2.76 bits per heavy atom. The average molecular weight is 241 g/mol. The van der Waals surface area contributed by atoms with Crippen LogP contribution in [0.4, 0.5) is 0 Å². The molecule has 0 bridgehead atoms. The summed E-state index contributed by atoms with van der Waals surface area (Å²) in [5, 5.41) is 3.49. The van der Waals surface area contributed by atoms with Crippen molar-refractivity contribution in [2.24, 2.45) is 5.92 Å². The van der Waals surface area contributed by atoms with Gasteiger partial charge < -0.3 is 15.0 Å². The van der Waals surface area contributed by atoms with Crippen molar-refractivity contribution in [1.82, 2.24) is 15.1 Å². The fourth-order valence-corrected chi connectivity index (χ4v) is 2.87. The number of nitrogens with zero attached hydrogens (tertiary/aromatic N) is 2. The molecule has 4 nitrogen and oxygen atoms in total. The first kappa shape index (κ1) is 13.3. The molecule has 4 heteroatoms. The van der Waals surface area contributed by atoms with Crippen molar-refractivity contribution in [2.75, 3.05) is 60.0 Å². The molecule has 0 aliphatic carbocycles. The summed E-state index contributed by atoms with van der Waals surface area (Å²) in [6.07, 6.45) is 2.48. The van der Waals surface area contributed by atoms with Crippen LogP contribution < -0.4 is 5.32 Å². The second-order valence-electron chi connectivity index (χ2n) is 5.62. The minimum absolute atomic E-state index is 0.675. The van der Waals surface area contributed by atoms with Gasteiger partial charge in [-0.25, -0.2) is 0 Å².